The van der Waals surface area contributed by atoms with Gasteiger partial charge in [0.05, 0.1) is 5.56 Å². The Labute approximate surface area is 112 Å². The molecular formula is C15H16FNO2. The zero-order valence-electron chi connectivity index (χ0n) is 10.8. The Morgan fingerprint density at radius 3 is 3.00 bits per heavy atom. The van der Waals surface area contributed by atoms with Crippen LogP contribution in [-0.2, 0) is 0 Å². The van der Waals surface area contributed by atoms with Gasteiger partial charge < -0.3 is 10.0 Å². The lowest BCUT2D eigenvalue weighted by atomic mass is 10.1. The van der Waals surface area contributed by atoms with E-state index in [1.165, 1.54) is 18.2 Å². The van der Waals surface area contributed by atoms with Gasteiger partial charge in [-0.1, -0.05) is 11.8 Å². The molecule has 0 bridgehead atoms. The summed E-state index contributed by atoms with van der Waals surface area (Å²) in [5.41, 5.74) is 0.731. The van der Waals surface area contributed by atoms with Gasteiger partial charge in [0.1, 0.15) is 12.4 Å². The van der Waals surface area contributed by atoms with Crippen LogP contribution in [0.4, 0.5) is 4.39 Å². The molecule has 2 rings (SSSR count). The SMILES string of the molecule is CC1CCCN1C(=O)c1ccc(F)cc1C#CCO. The number of benzene rings is 1. The number of halogens is 1. The number of nitrogens with zero attached hydrogens (tertiary/aromatic N) is 1. The molecule has 100 valence electrons. The van der Waals surface area contributed by atoms with Crippen LogP contribution in [0.15, 0.2) is 18.2 Å². The van der Waals surface area contributed by atoms with Crippen molar-refractivity contribution >= 4 is 5.91 Å². The molecule has 0 spiro atoms. The van der Waals surface area contributed by atoms with Crippen LogP contribution in [0.1, 0.15) is 35.7 Å². The number of aliphatic hydroxyl groups excluding tert-OH is 1. The minimum atomic E-state index is -0.437. The maximum Gasteiger partial charge on any atom is 0.255 e. The molecule has 0 radical (unpaired) electrons. The van der Waals surface area contributed by atoms with Crippen molar-refractivity contribution in [2.75, 3.05) is 13.2 Å². The molecule has 1 atom stereocenters. The number of hydrogen-bond acceptors (Lipinski definition) is 2. The molecule has 4 heteroatoms. The summed E-state index contributed by atoms with van der Waals surface area (Å²) in [6, 6.07) is 4.16. The van der Waals surface area contributed by atoms with Gasteiger partial charge in [-0.15, -0.1) is 0 Å². The second kappa shape index (κ2) is 5.85. The molecule has 1 aliphatic rings. The van der Waals surface area contributed by atoms with Crippen LogP contribution in [0, 0.1) is 17.7 Å². The van der Waals surface area contributed by atoms with E-state index in [1.54, 1.807) is 4.90 Å². The van der Waals surface area contributed by atoms with Crippen LogP contribution < -0.4 is 0 Å². The normalized spacial score (nSPS) is 18.1. The van der Waals surface area contributed by atoms with Gasteiger partial charge in [-0.3, -0.25) is 4.79 Å². The van der Waals surface area contributed by atoms with Crippen molar-refractivity contribution in [1.29, 1.82) is 0 Å². The van der Waals surface area contributed by atoms with Crippen molar-refractivity contribution in [3.05, 3.63) is 35.1 Å². The van der Waals surface area contributed by atoms with Crippen molar-refractivity contribution in [2.24, 2.45) is 0 Å². The Kier molecular flexibility index (Phi) is 4.18. The minimum absolute atomic E-state index is 0.118. The quantitative estimate of drug-likeness (QED) is 0.783. The Balaban J connectivity index is 2.35. The number of amides is 1. The van der Waals surface area contributed by atoms with Crippen LogP contribution in [0.2, 0.25) is 0 Å². The number of likely N-dealkylation sites (tertiary alicyclic amines) is 1. The average Bonchev–Trinajstić information content (AvgIpc) is 2.82. The number of carbonyl (C=O) groups is 1. The topological polar surface area (TPSA) is 40.5 Å². The predicted octanol–water partition coefficient (Wildman–Crippen LogP) is 1.79. The predicted molar refractivity (Wildman–Crippen MR) is 70.1 cm³/mol. The van der Waals surface area contributed by atoms with Gasteiger partial charge >= 0.3 is 0 Å². The molecule has 0 aromatic heterocycles. The smallest absolute Gasteiger partial charge is 0.255 e. The summed E-state index contributed by atoms with van der Waals surface area (Å²) in [6.07, 6.45) is 1.98. The van der Waals surface area contributed by atoms with Gasteiger partial charge in [-0.2, -0.15) is 0 Å². The Bertz CT molecular complexity index is 545. The summed E-state index contributed by atoms with van der Waals surface area (Å²) >= 11 is 0. The van der Waals surface area contributed by atoms with Gasteiger partial charge in [0.15, 0.2) is 0 Å². The maximum absolute atomic E-state index is 13.2. The Morgan fingerprint density at radius 2 is 2.37 bits per heavy atom. The lowest BCUT2D eigenvalue weighted by molar-refractivity contribution is 0.0747. The number of rotatable bonds is 1. The average molecular weight is 261 g/mol. The Hall–Kier alpha value is -1.86. The number of aliphatic hydroxyl groups is 1. The fourth-order valence-electron chi connectivity index (χ4n) is 2.33. The van der Waals surface area contributed by atoms with Gasteiger partial charge in [0.25, 0.3) is 5.91 Å². The zero-order valence-corrected chi connectivity index (χ0v) is 10.8. The molecule has 1 amide bonds. The monoisotopic (exact) mass is 261 g/mol. The first-order chi connectivity index (χ1) is 9.13. The molecule has 0 aliphatic carbocycles. The van der Waals surface area contributed by atoms with Crippen molar-refractivity contribution < 1.29 is 14.3 Å². The van der Waals surface area contributed by atoms with Gasteiger partial charge in [0, 0.05) is 18.2 Å². The van der Waals surface area contributed by atoms with E-state index in [0.717, 1.165) is 19.4 Å². The highest BCUT2D eigenvalue weighted by Crippen LogP contribution is 2.21. The second-order valence-electron chi connectivity index (χ2n) is 4.64. The summed E-state index contributed by atoms with van der Waals surface area (Å²) in [5.74, 6) is 4.54. The first kappa shape index (κ1) is 13.6. The van der Waals surface area contributed by atoms with Gasteiger partial charge in [0.2, 0.25) is 0 Å². The Morgan fingerprint density at radius 1 is 1.58 bits per heavy atom. The van der Waals surface area contributed by atoms with E-state index >= 15 is 0 Å². The maximum atomic E-state index is 13.2. The molecule has 19 heavy (non-hydrogen) atoms. The third-order valence-corrected chi connectivity index (χ3v) is 3.33. The highest BCUT2D eigenvalue weighted by atomic mass is 19.1. The molecule has 1 fully saturated rings. The molecule has 1 saturated heterocycles. The summed E-state index contributed by atoms with van der Waals surface area (Å²) in [5, 5.41) is 8.72. The molecule has 0 saturated carbocycles. The fourth-order valence-corrected chi connectivity index (χ4v) is 2.33. The molecule has 1 unspecified atom stereocenters. The van der Waals surface area contributed by atoms with Crippen molar-refractivity contribution in [3.63, 3.8) is 0 Å². The van der Waals surface area contributed by atoms with Crippen LogP contribution in [0.25, 0.3) is 0 Å². The molecule has 1 aliphatic heterocycles. The number of hydrogen-bond donors (Lipinski definition) is 1. The van der Waals surface area contributed by atoms with Gasteiger partial charge in [-0.05, 0) is 38.0 Å². The van der Waals surface area contributed by atoms with E-state index < -0.39 is 5.82 Å². The van der Waals surface area contributed by atoms with Crippen LogP contribution in [-0.4, -0.2) is 35.1 Å². The first-order valence-corrected chi connectivity index (χ1v) is 6.33. The molecule has 3 nitrogen and oxygen atoms in total. The summed E-state index contributed by atoms with van der Waals surface area (Å²) in [7, 11) is 0. The number of carbonyl (C=O) groups excluding carboxylic acids is 1. The van der Waals surface area contributed by atoms with E-state index in [4.69, 9.17) is 5.11 Å². The summed E-state index contributed by atoms with van der Waals surface area (Å²) in [6.45, 7) is 2.42. The molecule has 1 heterocycles. The highest BCUT2D eigenvalue weighted by Gasteiger charge is 2.27. The van der Waals surface area contributed by atoms with Crippen LogP contribution in [0.5, 0.6) is 0 Å². The van der Waals surface area contributed by atoms with Crippen molar-refractivity contribution in [3.8, 4) is 11.8 Å². The van der Waals surface area contributed by atoms with Crippen molar-refractivity contribution in [1.82, 2.24) is 4.90 Å². The lowest BCUT2D eigenvalue weighted by Crippen LogP contribution is -2.34. The van der Waals surface area contributed by atoms with Gasteiger partial charge in [-0.25, -0.2) is 4.39 Å². The van der Waals surface area contributed by atoms with E-state index in [9.17, 15) is 9.18 Å². The molecular weight excluding hydrogens is 245 g/mol. The lowest BCUT2D eigenvalue weighted by Gasteiger charge is -2.22. The van der Waals surface area contributed by atoms with E-state index in [1.807, 2.05) is 6.92 Å². The fraction of sp³-hybridized carbons (Fsp3) is 0.400. The molecule has 1 aromatic carbocycles. The standard InChI is InChI=1S/C15H16FNO2/c1-11-4-2-8-17(11)15(19)14-7-6-13(16)10-12(14)5-3-9-18/h6-7,10-11,18H,2,4,8-9H2,1H3. The minimum Gasteiger partial charge on any atom is -0.384 e. The van der Waals surface area contributed by atoms with E-state index in [0.29, 0.717) is 11.1 Å². The van der Waals surface area contributed by atoms with E-state index in [-0.39, 0.29) is 18.6 Å². The summed E-state index contributed by atoms with van der Waals surface area (Å²) in [4.78, 5) is 14.2. The van der Waals surface area contributed by atoms with E-state index in [2.05, 4.69) is 11.8 Å². The van der Waals surface area contributed by atoms with Crippen molar-refractivity contribution in [2.45, 2.75) is 25.8 Å². The highest BCUT2D eigenvalue weighted by molar-refractivity contribution is 5.97. The molecule has 1 N–H and O–H groups in total. The van der Waals surface area contributed by atoms with Crippen LogP contribution >= 0.6 is 0 Å². The zero-order chi connectivity index (χ0) is 13.8. The molecule has 1 aromatic rings. The third-order valence-electron chi connectivity index (χ3n) is 3.33. The van der Waals surface area contributed by atoms with Crippen LogP contribution in [0.3, 0.4) is 0 Å². The second-order valence-corrected chi connectivity index (χ2v) is 4.64. The first-order valence-electron chi connectivity index (χ1n) is 6.33. The summed E-state index contributed by atoms with van der Waals surface area (Å²) < 4.78 is 13.2. The third kappa shape index (κ3) is 2.94. The largest absolute Gasteiger partial charge is 0.384 e.